The average Bonchev–Trinajstić information content (AvgIpc) is 2.78. The number of anilines is 1. The van der Waals surface area contributed by atoms with Crippen molar-refractivity contribution < 1.29 is 23.9 Å². The zero-order chi connectivity index (χ0) is 23.3. The number of hydrazone groups is 1. The molecule has 32 heavy (non-hydrogen) atoms. The van der Waals surface area contributed by atoms with E-state index in [2.05, 4.69) is 21.2 Å². The standard InChI is InChI=1S/C22H25ClN4O5/c1-3-11-24-21(29)22(30)27-25-13-15-9-10-18(19(12-15)31-4-2)32-14-20(28)26-17-8-6-5-7-16(17)23/h5-10,12-13H,3-4,11,14H2,1-2H3,(H,24,29)(H,26,28)(H,27,30)/b25-13-. The van der Waals surface area contributed by atoms with Crippen LogP contribution in [0.1, 0.15) is 25.8 Å². The van der Waals surface area contributed by atoms with Crippen molar-refractivity contribution in [2.45, 2.75) is 20.3 Å². The summed E-state index contributed by atoms with van der Waals surface area (Å²) in [5.74, 6) is -1.23. The maximum atomic E-state index is 12.2. The fourth-order valence-electron chi connectivity index (χ4n) is 2.42. The van der Waals surface area contributed by atoms with Crippen LogP contribution in [0.25, 0.3) is 0 Å². The summed E-state index contributed by atoms with van der Waals surface area (Å²) in [4.78, 5) is 35.3. The van der Waals surface area contributed by atoms with Crippen LogP contribution >= 0.6 is 11.6 Å². The molecule has 0 aliphatic carbocycles. The van der Waals surface area contributed by atoms with E-state index >= 15 is 0 Å². The fourth-order valence-corrected chi connectivity index (χ4v) is 2.60. The number of carbonyl (C=O) groups excluding carboxylic acids is 3. The molecule has 0 radical (unpaired) electrons. The molecule has 0 atom stereocenters. The maximum Gasteiger partial charge on any atom is 0.329 e. The third-order valence-electron chi connectivity index (χ3n) is 3.90. The lowest BCUT2D eigenvalue weighted by Gasteiger charge is -2.13. The van der Waals surface area contributed by atoms with Gasteiger partial charge in [0.05, 0.1) is 23.5 Å². The summed E-state index contributed by atoms with van der Waals surface area (Å²) < 4.78 is 11.1. The summed E-state index contributed by atoms with van der Waals surface area (Å²) in [6.45, 7) is 4.22. The minimum atomic E-state index is -0.857. The van der Waals surface area contributed by atoms with Crippen LogP contribution in [-0.2, 0) is 14.4 Å². The molecule has 0 aliphatic heterocycles. The third kappa shape index (κ3) is 7.92. The molecule has 3 amide bonds. The molecule has 10 heteroatoms. The van der Waals surface area contributed by atoms with E-state index in [9.17, 15) is 14.4 Å². The van der Waals surface area contributed by atoms with Crippen molar-refractivity contribution in [2.75, 3.05) is 25.1 Å². The van der Waals surface area contributed by atoms with Crippen LogP contribution in [0.15, 0.2) is 47.6 Å². The van der Waals surface area contributed by atoms with Gasteiger partial charge in [-0.25, -0.2) is 5.43 Å². The Bertz CT molecular complexity index is 981. The first-order chi connectivity index (χ1) is 15.4. The van der Waals surface area contributed by atoms with Gasteiger partial charge >= 0.3 is 11.8 Å². The molecule has 0 heterocycles. The van der Waals surface area contributed by atoms with Gasteiger partial charge in [0, 0.05) is 6.54 Å². The number of nitrogens with zero attached hydrogens (tertiary/aromatic N) is 1. The van der Waals surface area contributed by atoms with Gasteiger partial charge in [-0.2, -0.15) is 5.10 Å². The van der Waals surface area contributed by atoms with E-state index < -0.39 is 11.8 Å². The second-order valence-electron chi connectivity index (χ2n) is 6.41. The van der Waals surface area contributed by atoms with Crippen LogP contribution in [0.5, 0.6) is 11.5 Å². The quantitative estimate of drug-likeness (QED) is 0.286. The lowest BCUT2D eigenvalue weighted by atomic mass is 10.2. The number of amides is 3. The van der Waals surface area contributed by atoms with Gasteiger partial charge in [0.2, 0.25) is 0 Å². The first kappa shape index (κ1) is 24.7. The molecular weight excluding hydrogens is 436 g/mol. The molecule has 0 aliphatic rings. The van der Waals surface area contributed by atoms with Gasteiger partial charge < -0.3 is 20.1 Å². The number of benzene rings is 2. The molecular formula is C22H25ClN4O5. The Hall–Kier alpha value is -3.59. The van der Waals surface area contributed by atoms with Gasteiger partial charge in [0.25, 0.3) is 5.91 Å². The molecule has 0 saturated carbocycles. The molecule has 0 saturated heterocycles. The third-order valence-corrected chi connectivity index (χ3v) is 4.23. The van der Waals surface area contributed by atoms with E-state index in [1.807, 2.05) is 13.8 Å². The Morgan fingerprint density at radius 2 is 1.81 bits per heavy atom. The van der Waals surface area contributed by atoms with Gasteiger partial charge in [-0.3, -0.25) is 14.4 Å². The topological polar surface area (TPSA) is 118 Å². The van der Waals surface area contributed by atoms with Gasteiger partial charge in [-0.1, -0.05) is 30.7 Å². The first-order valence-corrected chi connectivity index (χ1v) is 10.4. The smallest absolute Gasteiger partial charge is 0.329 e. The number of hydrogen-bond acceptors (Lipinski definition) is 6. The minimum Gasteiger partial charge on any atom is -0.490 e. The number of nitrogens with one attached hydrogen (secondary N) is 3. The van der Waals surface area contributed by atoms with E-state index in [0.717, 1.165) is 6.42 Å². The van der Waals surface area contributed by atoms with Crippen molar-refractivity contribution in [1.29, 1.82) is 0 Å². The maximum absolute atomic E-state index is 12.2. The SMILES string of the molecule is CCCNC(=O)C(=O)N/N=C\c1ccc(OCC(=O)Nc2ccccc2Cl)c(OCC)c1. The van der Waals surface area contributed by atoms with Gasteiger partial charge in [0.1, 0.15) is 0 Å². The summed E-state index contributed by atoms with van der Waals surface area (Å²) in [5.41, 5.74) is 3.24. The monoisotopic (exact) mass is 460 g/mol. The predicted octanol–water partition coefficient (Wildman–Crippen LogP) is 2.73. The van der Waals surface area contributed by atoms with Crippen LogP contribution in [-0.4, -0.2) is 43.7 Å². The molecule has 2 rings (SSSR count). The normalized spacial score (nSPS) is 10.5. The number of rotatable bonds is 10. The van der Waals surface area contributed by atoms with Crippen molar-refractivity contribution in [1.82, 2.24) is 10.7 Å². The summed E-state index contributed by atoms with van der Waals surface area (Å²) in [6.07, 6.45) is 2.08. The summed E-state index contributed by atoms with van der Waals surface area (Å²) in [6, 6.07) is 11.8. The van der Waals surface area contributed by atoms with Gasteiger partial charge in [0.15, 0.2) is 18.1 Å². The van der Waals surface area contributed by atoms with Crippen LogP contribution < -0.4 is 25.5 Å². The highest BCUT2D eigenvalue weighted by Gasteiger charge is 2.12. The molecule has 2 aromatic carbocycles. The molecule has 2 aromatic rings. The van der Waals surface area contributed by atoms with Crippen LogP contribution in [0.4, 0.5) is 5.69 Å². The highest BCUT2D eigenvalue weighted by atomic mass is 35.5. The van der Waals surface area contributed by atoms with E-state index in [-0.39, 0.29) is 12.5 Å². The minimum absolute atomic E-state index is 0.248. The van der Waals surface area contributed by atoms with E-state index in [4.69, 9.17) is 21.1 Å². The molecule has 170 valence electrons. The highest BCUT2D eigenvalue weighted by Crippen LogP contribution is 2.28. The second kappa shape index (κ2) is 13.0. The zero-order valence-electron chi connectivity index (χ0n) is 17.8. The number of para-hydroxylation sites is 1. The van der Waals surface area contributed by atoms with E-state index in [1.165, 1.54) is 6.21 Å². The van der Waals surface area contributed by atoms with Crippen LogP contribution in [0.3, 0.4) is 0 Å². The van der Waals surface area contributed by atoms with Crippen molar-refractivity contribution in [3.8, 4) is 11.5 Å². The molecule has 0 bridgehead atoms. The molecule has 0 aromatic heterocycles. The van der Waals surface area contributed by atoms with Gasteiger partial charge in [-0.05, 0) is 49.2 Å². The van der Waals surface area contributed by atoms with Crippen LogP contribution in [0, 0.1) is 0 Å². The van der Waals surface area contributed by atoms with Crippen molar-refractivity contribution >= 4 is 41.2 Å². The molecule has 3 N–H and O–H groups in total. The van der Waals surface area contributed by atoms with E-state index in [1.54, 1.807) is 42.5 Å². The number of carbonyl (C=O) groups is 3. The van der Waals surface area contributed by atoms with E-state index in [0.29, 0.717) is 40.9 Å². The zero-order valence-corrected chi connectivity index (χ0v) is 18.6. The largest absolute Gasteiger partial charge is 0.490 e. The Morgan fingerprint density at radius 1 is 1.03 bits per heavy atom. The summed E-state index contributed by atoms with van der Waals surface area (Å²) >= 11 is 6.03. The average molecular weight is 461 g/mol. The Balaban J connectivity index is 1.96. The summed E-state index contributed by atoms with van der Waals surface area (Å²) in [7, 11) is 0. The van der Waals surface area contributed by atoms with Crippen molar-refractivity contribution in [3.63, 3.8) is 0 Å². The first-order valence-electron chi connectivity index (χ1n) is 9.99. The lowest BCUT2D eigenvalue weighted by molar-refractivity contribution is -0.139. The molecule has 0 unspecified atom stereocenters. The lowest BCUT2D eigenvalue weighted by Crippen LogP contribution is -2.38. The number of hydrogen-bond donors (Lipinski definition) is 3. The van der Waals surface area contributed by atoms with Gasteiger partial charge in [-0.15, -0.1) is 0 Å². The Kier molecular flexibility index (Phi) is 9.99. The fraction of sp³-hybridized carbons (Fsp3) is 0.273. The molecule has 0 spiro atoms. The number of ether oxygens (including phenoxy) is 2. The van der Waals surface area contributed by atoms with Crippen molar-refractivity contribution in [2.24, 2.45) is 5.10 Å². The summed E-state index contributed by atoms with van der Waals surface area (Å²) in [5, 5.41) is 9.32. The Labute approximate surface area is 191 Å². The second-order valence-corrected chi connectivity index (χ2v) is 6.82. The van der Waals surface area contributed by atoms with Crippen molar-refractivity contribution in [3.05, 3.63) is 53.1 Å². The number of halogens is 1. The molecule has 0 fully saturated rings. The highest BCUT2D eigenvalue weighted by molar-refractivity contribution is 6.35. The Morgan fingerprint density at radius 3 is 2.53 bits per heavy atom. The predicted molar refractivity (Wildman–Crippen MR) is 122 cm³/mol. The molecule has 9 nitrogen and oxygen atoms in total. The van der Waals surface area contributed by atoms with Crippen LogP contribution in [0.2, 0.25) is 5.02 Å².